The Balaban J connectivity index is 2.23. The van der Waals surface area contributed by atoms with Crippen molar-refractivity contribution in [1.29, 1.82) is 0 Å². The Labute approximate surface area is 154 Å². The van der Waals surface area contributed by atoms with Gasteiger partial charge in [-0.3, -0.25) is 4.79 Å². The number of aliphatic hydroxyl groups is 1. The molecule has 1 fully saturated rings. The van der Waals surface area contributed by atoms with Crippen LogP contribution in [0.1, 0.15) is 18.9 Å². The Morgan fingerprint density at radius 3 is 2.58 bits per heavy atom. The van der Waals surface area contributed by atoms with Crippen LogP contribution in [0.15, 0.2) is 18.2 Å². The highest BCUT2D eigenvalue weighted by atomic mass is 32.2. The maximum Gasteiger partial charge on any atom is 0.238 e. The van der Waals surface area contributed by atoms with Gasteiger partial charge in [0.25, 0.3) is 0 Å². The highest BCUT2D eigenvalue weighted by molar-refractivity contribution is 7.89. The maximum absolute atomic E-state index is 12.6. The van der Waals surface area contributed by atoms with Crippen molar-refractivity contribution in [2.45, 2.75) is 26.0 Å². The van der Waals surface area contributed by atoms with Crippen molar-refractivity contribution in [1.82, 2.24) is 9.21 Å². The van der Waals surface area contributed by atoms with E-state index in [4.69, 9.17) is 9.47 Å². The van der Waals surface area contributed by atoms with Gasteiger partial charge in [-0.1, -0.05) is 19.1 Å². The minimum Gasteiger partial charge on any atom is -0.493 e. The van der Waals surface area contributed by atoms with Gasteiger partial charge < -0.3 is 19.5 Å². The summed E-state index contributed by atoms with van der Waals surface area (Å²) in [5.74, 6) is 0.652. The zero-order chi connectivity index (χ0) is 19.3. The number of aliphatic hydroxyl groups excluding tert-OH is 1. The molecule has 1 aliphatic heterocycles. The number of hydrogen-bond donors (Lipinski definition) is 1. The van der Waals surface area contributed by atoms with Crippen molar-refractivity contribution < 1.29 is 27.8 Å². The number of hydrogen-bond acceptors (Lipinski definition) is 6. The molecule has 146 valence electrons. The fraction of sp³-hybridized carbons (Fsp3) is 0.588. The summed E-state index contributed by atoms with van der Waals surface area (Å²) in [5, 5.41) is 10.2. The summed E-state index contributed by atoms with van der Waals surface area (Å²) >= 11 is 0. The van der Waals surface area contributed by atoms with Crippen molar-refractivity contribution >= 4 is 15.9 Å². The number of nitrogens with zero attached hydrogens (tertiary/aromatic N) is 2. The summed E-state index contributed by atoms with van der Waals surface area (Å²) in [5.41, 5.74) is 0.720. The summed E-state index contributed by atoms with van der Waals surface area (Å²) in [6, 6.07) is 5.34. The molecule has 0 aliphatic carbocycles. The van der Waals surface area contributed by atoms with E-state index >= 15 is 0 Å². The van der Waals surface area contributed by atoms with Gasteiger partial charge in [0.05, 0.1) is 32.6 Å². The normalized spacial score (nSPS) is 19.3. The Kier molecular flexibility index (Phi) is 6.85. The molecule has 9 heteroatoms. The molecule has 1 N–H and O–H groups in total. The summed E-state index contributed by atoms with van der Waals surface area (Å²) in [6.45, 7) is 1.65. The Bertz CT molecular complexity index is 737. The van der Waals surface area contributed by atoms with Gasteiger partial charge in [-0.15, -0.1) is 0 Å². The first kappa shape index (κ1) is 20.5. The molecule has 1 aromatic rings. The van der Waals surface area contributed by atoms with Crippen molar-refractivity contribution in [3.63, 3.8) is 0 Å². The average molecular weight is 386 g/mol. The van der Waals surface area contributed by atoms with E-state index in [0.717, 1.165) is 9.87 Å². The van der Waals surface area contributed by atoms with Gasteiger partial charge in [0.2, 0.25) is 15.9 Å². The molecule has 26 heavy (non-hydrogen) atoms. The fourth-order valence-electron chi connectivity index (χ4n) is 3.00. The van der Waals surface area contributed by atoms with Gasteiger partial charge in [0.1, 0.15) is 0 Å². The maximum atomic E-state index is 12.6. The lowest BCUT2D eigenvalue weighted by atomic mass is 10.1. The lowest BCUT2D eigenvalue weighted by molar-refractivity contribution is -0.131. The molecule has 8 nitrogen and oxygen atoms in total. The number of benzene rings is 1. The number of carbonyl (C=O) groups excluding carboxylic acids is 1. The van der Waals surface area contributed by atoms with E-state index in [1.165, 1.54) is 19.1 Å². The molecule has 1 saturated heterocycles. The van der Waals surface area contributed by atoms with E-state index in [1.54, 1.807) is 25.1 Å². The first-order chi connectivity index (χ1) is 12.3. The van der Waals surface area contributed by atoms with Crippen molar-refractivity contribution in [3.8, 4) is 11.5 Å². The molecule has 0 radical (unpaired) electrons. The number of carbonyl (C=O) groups is 1. The van der Waals surface area contributed by atoms with Crippen LogP contribution >= 0.6 is 0 Å². The molecule has 1 amide bonds. The van der Waals surface area contributed by atoms with Crippen LogP contribution in [0.4, 0.5) is 0 Å². The van der Waals surface area contributed by atoms with E-state index in [-0.39, 0.29) is 37.8 Å². The second-order valence-electron chi connectivity index (χ2n) is 6.19. The van der Waals surface area contributed by atoms with Crippen LogP contribution in [0.5, 0.6) is 11.5 Å². The zero-order valence-corrected chi connectivity index (χ0v) is 16.2. The van der Waals surface area contributed by atoms with Gasteiger partial charge in [-0.25, -0.2) is 8.42 Å². The van der Waals surface area contributed by atoms with Crippen LogP contribution < -0.4 is 9.47 Å². The quantitative estimate of drug-likeness (QED) is 0.731. The molecular formula is C17H26N2O6S. The summed E-state index contributed by atoms with van der Waals surface area (Å²) in [6.07, 6.45) is -0.502. The third-order valence-electron chi connectivity index (χ3n) is 4.21. The minimum absolute atomic E-state index is 0.0449. The molecule has 2 rings (SSSR count). The molecule has 0 aromatic heterocycles. The van der Waals surface area contributed by atoms with Crippen LogP contribution in [-0.4, -0.2) is 74.3 Å². The lowest BCUT2D eigenvalue weighted by Crippen LogP contribution is -2.40. The molecule has 1 heterocycles. The van der Waals surface area contributed by atoms with Gasteiger partial charge >= 0.3 is 0 Å². The first-order valence-electron chi connectivity index (χ1n) is 8.45. The van der Waals surface area contributed by atoms with Gasteiger partial charge in [-0.2, -0.15) is 4.31 Å². The summed E-state index contributed by atoms with van der Waals surface area (Å²) in [7, 11) is -0.521. The number of amides is 1. The van der Waals surface area contributed by atoms with Crippen LogP contribution in [-0.2, 0) is 21.4 Å². The van der Waals surface area contributed by atoms with Crippen LogP contribution in [0.2, 0.25) is 0 Å². The first-order valence-corrected chi connectivity index (χ1v) is 10.1. The number of β-amino-alcohol motifs (C(OH)–C–C–N with tert-alkyl or cyclic N) is 1. The van der Waals surface area contributed by atoms with Crippen molar-refractivity contribution in [3.05, 3.63) is 23.8 Å². The number of methoxy groups -OCH3 is 2. The van der Waals surface area contributed by atoms with Crippen molar-refractivity contribution in [2.24, 2.45) is 0 Å². The third kappa shape index (κ3) is 4.66. The van der Waals surface area contributed by atoms with Gasteiger partial charge in [0.15, 0.2) is 11.5 Å². The topological polar surface area (TPSA) is 96.4 Å². The Morgan fingerprint density at radius 1 is 1.23 bits per heavy atom. The van der Waals surface area contributed by atoms with Gasteiger partial charge in [-0.05, 0) is 12.5 Å². The highest BCUT2D eigenvalue weighted by Crippen LogP contribution is 2.31. The van der Waals surface area contributed by atoms with Crippen LogP contribution in [0, 0.1) is 0 Å². The Morgan fingerprint density at radius 2 is 1.96 bits per heavy atom. The zero-order valence-electron chi connectivity index (χ0n) is 15.3. The molecular weight excluding hydrogens is 360 g/mol. The molecule has 1 aliphatic rings. The number of para-hydroxylation sites is 1. The van der Waals surface area contributed by atoms with E-state index in [2.05, 4.69) is 0 Å². The minimum atomic E-state index is -3.56. The van der Waals surface area contributed by atoms with Crippen molar-refractivity contribution in [2.75, 3.05) is 39.6 Å². The predicted octanol–water partition coefficient (Wildman–Crippen LogP) is 0.449. The molecule has 1 unspecified atom stereocenters. The second kappa shape index (κ2) is 8.70. The van der Waals surface area contributed by atoms with E-state index < -0.39 is 16.1 Å². The molecule has 0 saturated carbocycles. The summed E-state index contributed by atoms with van der Waals surface area (Å²) < 4.78 is 36.3. The molecule has 1 aromatic carbocycles. The highest BCUT2D eigenvalue weighted by Gasteiger charge is 2.33. The fourth-order valence-corrected chi connectivity index (χ4v) is 4.48. The predicted molar refractivity (Wildman–Crippen MR) is 96.6 cm³/mol. The van der Waals surface area contributed by atoms with Gasteiger partial charge in [0, 0.05) is 25.2 Å². The second-order valence-corrected chi connectivity index (χ2v) is 8.28. The average Bonchev–Trinajstić information content (AvgIpc) is 2.73. The molecule has 1 atom stereocenters. The standard InChI is InChI=1S/C17H26N2O6S/c1-4-8-26(22,23)19-11-14(20)10-18(16(21)12-19)9-13-6-5-7-15(24-2)17(13)25-3/h5-7,14,20H,4,8-12H2,1-3H3. The van der Waals surface area contributed by atoms with E-state index in [1.807, 2.05) is 0 Å². The lowest BCUT2D eigenvalue weighted by Gasteiger charge is -2.23. The largest absolute Gasteiger partial charge is 0.493 e. The monoisotopic (exact) mass is 386 g/mol. The number of ether oxygens (including phenoxy) is 2. The Hall–Kier alpha value is -1.84. The van der Waals surface area contributed by atoms with E-state index in [0.29, 0.717) is 17.9 Å². The third-order valence-corrected chi connectivity index (χ3v) is 6.20. The van der Waals surface area contributed by atoms with Crippen LogP contribution in [0.25, 0.3) is 0 Å². The molecule has 0 bridgehead atoms. The number of sulfonamides is 1. The number of rotatable bonds is 7. The van der Waals surface area contributed by atoms with Crippen LogP contribution in [0.3, 0.4) is 0 Å². The molecule has 0 spiro atoms. The SMILES string of the molecule is CCCS(=O)(=O)N1CC(=O)N(Cc2cccc(OC)c2OC)CC(O)C1. The summed E-state index contributed by atoms with van der Waals surface area (Å²) in [4.78, 5) is 14.1. The smallest absolute Gasteiger partial charge is 0.238 e. The van der Waals surface area contributed by atoms with E-state index in [9.17, 15) is 18.3 Å².